The van der Waals surface area contributed by atoms with Crippen molar-refractivity contribution >= 4 is 62.8 Å². The first kappa shape index (κ1) is 32.5. The quantitative estimate of drug-likeness (QED) is 0.206. The Morgan fingerprint density at radius 3 is 1.11 bits per heavy atom. The summed E-state index contributed by atoms with van der Waals surface area (Å²) in [6.07, 6.45) is 2.31. The summed E-state index contributed by atoms with van der Waals surface area (Å²) in [5.74, 6) is 0.917. The maximum absolute atomic E-state index is 8.27. The van der Waals surface area contributed by atoms with Crippen LogP contribution in [0.5, 0.6) is 0 Å². The van der Waals surface area contributed by atoms with E-state index >= 15 is 0 Å². The Balaban J connectivity index is 2.98. The Bertz CT molecular complexity index is 813. The standard InChI is InChI=1S/C30H56I2OSi2/c1-19-21(25(3,4)5)29(34(13)14,17-27(9,10)23(19)31)33-30(35(15)16)18-28(11,12)24(32)20(2)22(30)26(6,7)8/h21-22,34-35H,17-18H2,1-16H3. The van der Waals surface area contributed by atoms with Crippen molar-refractivity contribution in [1.82, 2.24) is 0 Å². The molecule has 0 amide bonds. The summed E-state index contributed by atoms with van der Waals surface area (Å²) in [4.78, 5) is 0. The third-order valence-electron chi connectivity index (χ3n) is 9.23. The van der Waals surface area contributed by atoms with Gasteiger partial charge in [0.25, 0.3) is 0 Å². The SMILES string of the molecule is CC1=C(I)C(C)(C)CC(OC2([SiH](C)C)CC(C)(C)C(I)=C(C)C2C(C)(C)C)([SiH](C)C)C1C(C)(C)C. The van der Waals surface area contributed by atoms with E-state index in [1.807, 2.05) is 0 Å². The molecule has 4 atom stereocenters. The topological polar surface area (TPSA) is 9.23 Å². The fourth-order valence-electron chi connectivity index (χ4n) is 8.41. The molecule has 0 aromatic heterocycles. The Hall–Kier alpha value is 1.33. The number of halogens is 2. The van der Waals surface area contributed by atoms with E-state index in [9.17, 15) is 0 Å². The molecule has 4 unspecified atom stereocenters. The first-order chi connectivity index (χ1) is 15.4. The van der Waals surface area contributed by atoms with E-state index in [0.717, 1.165) is 12.8 Å². The van der Waals surface area contributed by atoms with Gasteiger partial charge in [-0.15, -0.1) is 0 Å². The largest absolute Gasteiger partial charge is 0.375 e. The highest BCUT2D eigenvalue weighted by atomic mass is 127. The van der Waals surface area contributed by atoms with Crippen LogP contribution in [0.2, 0.25) is 26.2 Å². The highest BCUT2D eigenvalue weighted by Gasteiger charge is 2.63. The van der Waals surface area contributed by atoms with Gasteiger partial charge in [0.2, 0.25) is 0 Å². The van der Waals surface area contributed by atoms with Crippen LogP contribution in [0.3, 0.4) is 0 Å². The van der Waals surface area contributed by atoms with Crippen LogP contribution in [0.4, 0.5) is 0 Å². The van der Waals surface area contributed by atoms with E-state index in [4.69, 9.17) is 4.74 Å². The number of rotatable bonds is 4. The van der Waals surface area contributed by atoms with Gasteiger partial charge in [-0.3, -0.25) is 0 Å². The predicted molar refractivity (Wildman–Crippen MR) is 180 cm³/mol. The zero-order valence-electron chi connectivity index (χ0n) is 25.9. The lowest BCUT2D eigenvalue weighted by Gasteiger charge is -2.64. The number of allylic oxidation sites excluding steroid dienone is 2. The lowest BCUT2D eigenvalue weighted by atomic mass is 9.62. The summed E-state index contributed by atoms with van der Waals surface area (Å²) in [5, 5.41) is -0.110. The van der Waals surface area contributed by atoms with Gasteiger partial charge < -0.3 is 4.74 Å². The second-order valence-corrected chi connectivity index (χ2v) is 24.8. The lowest BCUT2D eigenvalue weighted by Crippen LogP contribution is -2.69. The monoisotopic (exact) mass is 742 g/mol. The van der Waals surface area contributed by atoms with Crippen molar-refractivity contribution in [3.8, 4) is 0 Å². The molecular weight excluding hydrogens is 686 g/mol. The fraction of sp³-hybridized carbons (Fsp3) is 0.867. The molecule has 1 nitrogen and oxygen atoms in total. The van der Waals surface area contributed by atoms with Gasteiger partial charge in [0.15, 0.2) is 0 Å². The Morgan fingerprint density at radius 1 is 0.657 bits per heavy atom. The zero-order chi connectivity index (χ0) is 27.7. The molecule has 0 bridgehead atoms. The molecule has 0 spiro atoms. The highest BCUT2D eigenvalue weighted by molar-refractivity contribution is 14.1. The van der Waals surface area contributed by atoms with Crippen molar-refractivity contribution < 1.29 is 4.74 Å². The van der Waals surface area contributed by atoms with Crippen LogP contribution in [-0.4, -0.2) is 28.0 Å². The van der Waals surface area contributed by atoms with Crippen molar-refractivity contribution in [3.63, 3.8) is 0 Å². The van der Waals surface area contributed by atoms with Crippen LogP contribution in [-0.2, 0) is 4.74 Å². The fourth-order valence-corrected chi connectivity index (χ4v) is 15.1. The second-order valence-electron chi connectivity index (χ2n) is 16.0. The second kappa shape index (κ2) is 10.1. The number of hydrogen-bond acceptors (Lipinski definition) is 1. The Morgan fingerprint density at radius 2 is 0.914 bits per heavy atom. The van der Waals surface area contributed by atoms with E-state index in [0.29, 0.717) is 11.8 Å². The van der Waals surface area contributed by atoms with Crippen LogP contribution in [0.15, 0.2) is 18.3 Å². The lowest BCUT2D eigenvalue weighted by molar-refractivity contribution is -0.174. The summed E-state index contributed by atoms with van der Waals surface area (Å²) < 4.78 is 11.4. The van der Waals surface area contributed by atoms with E-state index in [1.165, 1.54) is 0 Å². The molecule has 2 aliphatic carbocycles. The molecule has 0 fully saturated rings. The Kier molecular flexibility index (Phi) is 9.36. The maximum Gasteiger partial charge on any atom is 0.0704 e. The van der Waals surface area contributed by atoms with Crippen molar-refractivity contribution in [2.75, 3.05) is 0 Å². The van der Waals surface area contributed by atoms with Crippen LogP contribution in [0.1, 0.15) is 95.9 Å². The van der Waals surface area contributed by atoms with Crippen molar-refractivity contribution in [3.05, 3.63) is 18.3 Å². The molecule has 0 saturated heterocycles. The Labute approximate surface area is 250 Å². The van der Waals surface area contributed by atoms with Crippen LogP contribution in [0, 0.1) is 33.5 Å². The van der Waals surface area contributed by atoms with E-state index < -0.39 is 17.6 Å². The molecule has 0 aromatic rings. The summed E-state index contributed by atoms with van der Waals surface area (Å²) in [5.41, 5.74) is 3.83. The van der Waals surface area contributed by atoms with Gasteiger partial charge in [-0.1, -0.05) is 107 Å². The maximum atomic E-state index is 8.27. The average molecular weight is 743 g/mol. The molecule has 204 valence electrons. The van der Waals surface area contributed by atoms with Crippen molar-refractivity contribution in [1.29, 1.82) is 0 Å². The molecule has 0 aromatic carbocycles. The molecule has 0 N–H and O–H groups in total. The van der Waals surface area contributed by atoms with Gasteiger partial charge in [0, 0.05) is 11.8 Å². The van der Waals surface area contributed by atoms with E-state index in [2.05, 4.69) is 154 Å². The third-order valence-corrected chi connectivity index (χ3v) is 19.1. The minimum atomic E-state index is -1.26. The zero-order valence-corrected chi connectivity index (χ0v) is 32.5. The first-order valence-electron chi connectivity index (χ1n) is 13.8. The van der Waals surface area contributed by atoms with E-state index in [-0.39, 0.29) is 32.1 Å². The van der Waals surface area contributed by atoms with Crippen molar-refractivity contribution in [2.24, 2.45) is 33.5 Å². The average Bonchev–Trinajstić information content (AvgIpc) is 2.61. The van der Waals surface area contributed by atoms with Crippen LogP contribution < -0.4 is 0 Å². The van der Waals surface area contributed by atoms with Gasteiger partial charge in [-0.25, -0.2) is 0 Å². The van der Waals surface area contributed by atoms with Gasteiger partial charge in [-0.2, -0.15) is 0 Å². The molecule has 5 heteroatoms. The van der Waals surface area contributed by atoms with Gasteiger partial charge in [-0.05, 0) is 101 Å². The molecule has 0 saturated carbocycles. The first-order valence-corrected chi connectivity index (χ1v) is 21.8. The summed E-state index contributed by atoms with van der Waals surface area (Å²) in [7, 11) is -2.53. The number of ether oxygens (including phenoxy) is 1. The summed E-state index contributed by atoms with van der Waals surface area (Å²) >= 11 is 5.35. The molecule has 0 radical (unpaired) electrons. The summed E-state index contributed by atoms with van der Waals surface area (Å²) in [6.45, 7) is 40.0. The smallest absolute Gasteiger partial charge is 0.0704 e. The molecule has 0 aliphatic heterocycles. The predicted octanol–water partition coefficient (Wildman–Crippen LogP) is 10.1. The third kappa shape index (κ3) is 5.65. The highest BCUT2D eigenvalue weighted by Crippen LogP contribution is 2.63. The minimum absolute atomic E-state index is 0.0551. The van der Waals surface area contributed by atoms with Crippen LogP contribution in [0.25, 0.3) is 0 Å². The van der Waals surface area contributed by atoms with Crippen molar-refractivity contribution in [2.45, 2.75) is 133 Å². The molecule has 0 heterocycles. The molecule has 35 heavy (non-hydrogen) atoms. The van der Waals surface area contributed by atoms with Gasteiger partial charge >= 0.3 is 0 Å². The van der Waals surface area contributed by atoms with Gasteiger partial charge in [0.05, 0.1) is 28.0 Å². The molecule has 2 rings (SSSR count). The van der Waals surface area contributed by atoms with Gasteiger partial charge in [0.1, 0.15) is 0 Å². The normalized spacial score (nSPS) is 34.3. The number of hydrogen-bond donors (Lipinski definition) is 0. The minimum Gasteiger partial charge on any atom is -0.375 e. The van der Waals surface area contributed by atoms with Crippen LogP contribution >= 0.6 is 45.2 Å². The molecular formula is C30H56I2OSi2. The summed E-state index contributed by atoms with van der Waals surface area (Å²) in [6, 6.07) is 0. The van der Waals surface area contributed by atoms with E-state index in [1.54, 1.807) is 18.3 Å². The molecule has 2 aliphatic rings.